The molecule has 0 aromatic carbocycles. The van der Waals surface area contributed by atoms with E-state index in [0.717, 1.165) is 0 Å². The summed E-state index contributed by atoms with van der Waals surface area (Å²) < 4.78 is 0. The fourth-order valence-corrected chi connectivity index (χ4v) is 2.71. The van der Waals surface area contributed by atoms with Crippen molar-refractivity contribution in [2.45, 2.75) is 97.8 Å². The zero-order valence-corrected chi connectivity index (χ0v) is 14.1. The SMILES string of the molecule is CCCCCCCCN(CCC)CCCCCCC. The summed E-state index contributed by atoms with van der Waals surface area (Å²) in [6.07, 6.45) is 16.9. The first kappa shape index (κ1) is 19.0. The third-order valence-corrected chi connectivity index (χ3v) is 3.95. The topological polar surface area (TPSA) is 3.24 Å². The van der Waals surface area contributed by atoms with Crippen LogP contribution in [-0.2, 0) is 0 Å². The molecule has 0 amide bonds. The highest BCUT2D eigenvalue weighted by Crippen LogP contribution is 2.08. The molecule has 0 aromatic heterocycles. The Balaban J connectivity index is 3.45. The lowest BCUT2D eigenvalue weighted by Gasteiger charge is -2.21. The van der Waals surface area contributed by atoms with E-state index >= 15 is 0 Å². The summed E-state index contributed by atoms with van der Waals surface area (Å²) >= 11 is 0. The van der Waals surface area contributed by atoms with Gasteiger partial charge in [-0.05, 0) is 38.9 Å². The van der Waals surface area contributed by atoms with Crippen molar-refractivity contribution in [1.82, 2.24) is 4.90 Å². The van der Waals surface area contributed by atoms with E-state index in [9.17, 15) is 0 Å². The summed E-state index contributed by atoms with van der Waals surface area (Å²) in [7, 11) is 0. The van der Waals surface area contributed by atoms with Crippen molar-refractivity contribution in [3.05, 3.63) is 0 Å². The predicted octanol–water partition coefficient (Wildman–Crippen LogP) is 6.03. The Hall–Kier alpha value is -0.0400. The first-order chi connectivity index (χ1) is 9.35. The maximum Gasteiger partial charge on any atom is -0.00187 e. The molecule has 0 saturated heterocycles. The molecule has 1 nitrogen and oxygen atoms in total. The molecule has 19 heavy (non-hydrogen) atoms. The van der Waals surface area contributed by atoms with E-state index < -0.39 is 0 Å². The maximum absolute atomic E-state index is 2.70. The fourth-order valence-electron chi connectivity index (χ4n) is 2.71. The molecule has 0 rings (SSSR count). The monoisotopic (exact) mass is 269 g/mol. The molecule has 0 aliphatic heterocycles. The highest BCUT2D eigenvalue weighted by atomic mass is 15.1. The van der Waals surface area contributed by atoms with Crippen LogP contribution in [0.5, 0.6) is 0 Å². The fraction of sp³-hybridized carbons (Fsp3) is 1.00. The van der Waals surface area contributed by atoms with Crippen LogP contribution in [0.4, 0.5) is 0 Å². The van der Waals surface area contributed by atoms with Crippen LogP contribution in [-0.4, -0.2) is 24.5 Å². The third-order valence-electron chi connectivity index (χ3n) is 3.95. The van der Waals surface area contributed by atoms with Crippen molar-refractivity contribution < 1.29 is 0 Å². The van der Waals surface area contributed by atoms with Crippen molar-refractivity contribution >= 4 is 0 Å². The van der Waals surface area contributed by atoms with E-state index in [-0.39, 0.29) is 0 Å². The molecule has 0 radical (unpaired) electrons. The van der Waals surface area contributed by atoms with Gasteiger partial charge in [-0.1, -0.05) is 78.6 Å². The number of rotatable bonds is 15. The number of hydrogen-bond acceptors (Lipinski definition) is 1. The highest BCUT2D eigenvalue weighted by Gasteiger charge is 2.03. The first-order valence-corrected chi connectivity index (χ1v) is 9.07. The van der Waals surface area contributed by atoms with Crippen LogP contribution < -0.4 is 0 Å². The maximum atomic E-state index is 2.70. The van der Waals surface area contributed by atoms with Crippen molar-refractivity contribution in [1.29, 1.82) is 0 Å². The van der Waals surface area contributed by atoms with Gasteiger partial charge in [0.15, 0.2) is 0 Å². The van der Waals surface area contributed by atoms with Gasteiger partial charge in [-0.3, -0.25) is 0 Å². The molecule has 0 unspecified atom stereocenters. The minimum Gasteiger partial charge on any atom is -0.303 e. The van der Waals surface area contributed by atoms with Gasteiger partial charge in [-0.15, -0.1) is 0 Å². The largest absolute Gasteiger partial charge is 0.303 e. The molecule has 0 heterocycles. The molecule has 0 saturated carbocycles. The van der Waals surface area contributed by atoms with Crippen LogP contribution in [0.1, 0.15) is 97.8 Å². The molecule has 0 N–H and O–H groups in total. The lowest BCUT2D eigenvalue weighted by atomic mass is 10.1. The van der Waals surface area contributed by atoms with Crippen molar-refractivity contribution in [2.75, 3.05) is 19.6 Å². The van der Waals surface area contributed by atoms with E-state index in [1.54, 1.807) is 0 Å². The van der Waals surface area contributed by atoms with E-state index in [0.29, 0.717) is 0 Å². The number of nitrogens with zero attached hydrogens (tertiary/aromatic N) is 1. The lowest BCUT2D eigenvalue weighted by molar-refractivity contribution is 0.260. The second-order valence-corrected chi connectivity index (χ2v) is 6.02. The van der Waals surface area contributed by atoms with E-state index in [4.69, 9.17) is 0 Å². The van der Waals surface area contributed by atoms with Gasteiger partial charge < -0.3 is 4.90 Å². The summed E-state index contributed by atoms with van der Waals surface area (Å²) in [6.45, 7) is 10.9. The van der Waals surface area contributed by atoms with Gasteiger partial charge >= 0.3 is 0 Å². The Labute approximate surface area is 123 Å². The standard InChI is InChI=1S/C18H39N/c1-4-7-9-11-13-15-18-19(16-6-3)17-14-12-10-8-5-2/h4-18H2,1-3H3. The Morgan fingerprint density at radius 3 is 1.26 bits per heavy atom. The van der Waals surface area contributed by atoms with Gasteiger partial charge in [0, 0.05) is 0 Å². The molecule has 116 valence electrons. The van der Waals surface area contributed by atoms with Crippen LogP contribution >= 0.6 is 0 Å². The molecule has 0 aliphatic carbocycles. The molecule has 1 heteroatoms. The summed E-state index contributed by atoms with van der Waals surface area (Å²) in [5.41, 5.74) is 0. The highest BCUT2D eigenvalue weighted by molar-refractivity contribution is 4.58. The quantitative estimate of drug-likeness (QED) is 0.328. The van der Waals surface area contributed by atoms with Gasteiger partial charge in [0.2, 0.25) is 0 Å². The zero-order valence-electron chi connectivity index (χ0n) is 14.1. The van der Waals surface area contributed by atoms with Crippen LogP contribution in [0.3, 0.4) is 0 Å². The van der Waals surface area contributed by atoms with Crippen molar-refractivity contribution in [3.63, 3.8) is 0 Å². The first-order valence-electron chi connectivity index (χ1n) is 9.07. The Morgan fingerprint density at radius 1 is 0.421 bits per heavy atom. The van der Waals surface area contributed by atoms with Crippen LogP contribution in [0, 0.1) is 0 Å². The van der Waals surface area contributed by atoms with E-state index in [1.165, 1.54) is 96.7 Å². The minimum atomic E-state index is 1.31. The predicted molar refractivity (Wildman–Crippen MR) is 88.9 cm³/mol. The molecule has 0 aliphatic rings. The second kappa shape index (κ2) is 16.0. The van der Waals surface area contributed by atoms with Crippen LogP contribution in [0.15, 0.2) is 0 Å². The molecular formula is C18H39N. The van der Waals surface area contributed by atoms with E-state index in [2.05, 4.69) is 25.7 Å². The summed E-state index contributed by atoms with van der Waals surface area (Å²) in [6, 6.07) is 0. The van der Waals surface area contributed by atoms with Crippen molar-refractivity contribution in [3.8, 4) is 0 Å². The molecular weight excluding hydrogens is 230 g/mol. The smallest absolute Gasteiger partial charge is 0.00187 e. The Kier molecular flexibility index (Phi) is 16.0. The molecule has 0 aromatic rings. The Bertz CT molecular complexity index is 156. The van der Waals surface area contributed by atoms with Gasteiger partial charge in [0.1, 0.15) is 0 Å². The van der Waals surface area contributed by atoms with Gasteiger partial charge in [-0.25, -0.2) is 0 Å². The summed E-state index contributed by atoms with van der Waals surface area (Å²) in [4.78, 5) is 2.70. The molecule has 0 atom stereocenters. The molecule has 0 bridgehead atoms. The van der Waals surface area contributed by atoms with Gasteiger partial charge in [0.05, 0.1) is 0 Å². The van der Waals surface area contributed by atoms with Crippen molar-refractivity contribution in [2.24, 2.45) is 0 Å². The van der Waals surface area contributed by atoms with Gasteiger partial charge in [0.25, 0.3) is 0 Å². The average molecular weight is 270 g/mol. The van der Waals surface area contributed by atoms with Crippen LogP contribution in [0.2, 0.25) is 0 Å². The summed E-state index contributed by atoms with van der Waals surface area (Å²) in [5, 5.41) is 0. The number of hydrogen-bond donors (Lipinski definition) is 0. The Morgan fingerprint density at radius 2 is 0.842 bits per heavy atom. The van der Waals surface area contributed by atoms with E-state index in [1.807, 2.05) is 0 Å². The summed E-state index contributed by atoms with van der Waals surface area (Å²) in [5.74, 6) is 0. The second-order valence-electron chi connectivity index (χ2n) is 6.02. The average Bonchev–Trinajstić information content (AvgIpc) is 2.42. The molecule has 0 fully saturated rings. The zero-order chi connectivity index (χ0) is 14.2. The van der Waals surface area contributed by atoms with Gasteiger partial charge in [-0.2, -0.15) is 0 Å². The molecule has 0 spiro atoms. The normalized spacial score (nSPS) is 11.4. The number of unbranched alkanes of at least 4 members (excludes halogenated alkanes) is 9. The van der Waals surface area contributed by atoms with Crippen LogP contribution in [0.25, 0.3) is 0 Å². The lowest BCUT2D eigenvalue weighted by Crippen LogP contribution is -2.27. The third kappa shape index (κ3) is 14.2. The minimum absolute atomic E-state index is 1.31.